The topological polar surface area (TPSA) is 43.8 Å². The second-order valence-corrected chi connectivity index (χ2v) is 6.31. The van der Waals surface area contributed by atoms with E-state index >= 15 is 0 Å². The van der Waals surface area contributed by atoms with Crippen molar-refractivity contribution in [1.82, 2.24) is 9.55 Å². The van der Waals surface area contributed by atoms with Gasteiger partial charge in [0.1, 0.15) is 5.82 Å². The zero-order valence-corrected chi connectivity index (χ0v) is 12.2. The van der Waals surface area contributed by atoms with Crippen LogP contribution < -0.4 is 5.73 Å². The highest BCUT2D eigenvalue weighted by Crippen LogP contribution is 2.44. The van der Waals surface area contributed by atoms with Gasteiger partial charge < -0.3 is 10.3 Å². The fraction of sp³-hybridized carbons (Fsp3) is 0.533. The zero-order valence-electron chi connectivity index (χ0n) is 11.5. The first-order valence-electron chi connectivity index (χ1n) is 6.95. The Bertz CT molecular complexity index is 606. The lowest BCUT2D eigenvalue weighted by atomic mass is 9.68. The molecule has 1 saturated carbocycles. The second-order valence-electron chi connectivity index (χ2n) is 5.87. The number of nitrogens with zero attached hydrogens (tertiary/aromatic N) is 2. The molecule has 2 aromatic rings. The third kappa shape index (κ3) is 1.87. The Morgan fingerprint density at radius 1 is 1.42 bits per heavy atom. The van der Waals surface area contributed by atoms with Crippen LogP contribution in [-0.2, 0) is 5.41 Å². The van der Waals surface area contributed by atoms with Crippen LogP contribution in [0.2, 0.25) is 5.02 Å². The number of aromatic nitrogens is 2. The first-order valence-corrected chi connectivity index (χ1v) is 7.33. The molecule has 19 heavy (non-hydrogen) atoms. The lowest BCUT2D eigenvalue weighted by Gasteiger charge is -2.41. The molecule has 0 spiro atoms. The molecule has 1 fully saturated rings. The number of imidazole rings is 1. The standard InChI is InChI=1S/C15H20ClN3/c1-10(2)19-13-8-11(16)4-5-12(13)18-14(19)15(9-17)6-3-7-15/h4-5,8,10H,3,6-7,9,17H2,1-2H3. The van der Waals surface area contributed by atoms with Gasteiger partial charge in [0, 0.05) is 23.0 Å². The number of nitrogens with two attached hydrogens (primary N) is 1. The molecule has 0 bridgehead atoms. The molecule has 1 aliphatic carbocycles. The number of hydrogen-bond acceptors (Lipinski definition) is 2. The van der Waals surface area contributed by atoms with E-state index < -0.39 is 0 Å². The van der Waals surface area contributed by atoms with Gasteiger partial charge in [-0.25, -0.2) is 4.98 Å². The highest BCUT2D eigenvalue weighted by atomic mass is 35.5. The van der Waals surface area contributed by atoms with E-state index in [9.17, 15) is 0 Å². The molecule has 1 heterocycles. The highest BCUT2D eigenvalue weighted by molar-refractivity contribution is 6.31. The van der Waals surface area contributed by atoms with E-state index in [1.807, 2.05) is 18.2 Å². The van der Waals surface area contributed by atoms with Gasteiger partial charge in [-0.3, -0.25) is 0 Å². The van der Waals surface area contributed by atoms with Gasteiger partial charge >= 0.3 is 0 Å². The fourth-order valence-corrected chi connectivity index (χ4v) is 3.25. The molecule has 4 heteroatoms. The number of halogens is 1. The van der Waals surface area contributed by atoms with E-state index in [-0.39, 0.29) is 5.41 Å². The van der Waals surface area contributed by atoms with Gasteiger partial charge in [-0.1, -0.05) is 18.0 Å². The second kappa shape index (κ2) is 4.50. The molecule has 1 aromatic carbocycles. The van der Waals surface area contributed by atoms with Crippen molar-refractivity contribution < 1.29 is 0 Å². The van der Waals surface area contributed by atoms with E-state index in [0.29, 0.717) is 12.6 Å². The van der Waals surface area contributed by atoms with E-state index in [2.05, 4.69) is 18.4 Å². The van der Waals surface area contributed by atoms with Crippen LogP contribution in [0.4, 0.5) is 0 Å². The number of fused-ring (bicyclic) bond motifs is 1. The zero-order chi connectivity index (χ0) is 13.6. The summed E-state index contributed by atoms with van der Waals surface area (Å²) in [6.07, 6.45) is 3.54. The monoisotopic (exact) mass is 277 g/mol. The maximum Gasteiger partial charge on any atom is 0.117 e. The van der Waals surface area contributed by atoms with Gasteiger partial charge in [0.25, 0.3) is 0 Å². The molecule has 0 unspecified atom stereocenters. The molecule has 0 aliphatic heterocycles. The third-order valence-corrected chi connectivity index (χ3v) is 4.58. The van der Waals surface area contributed by atoms with Crippen molar-refractivity contribution in [3.63, 3.8) is 0 Å². The van der Waals surface area contributed by atoms with Crippen LogP contribution in [0.25, 0.3) is 11.0 Å². The molecule has 0 saturated heterocycles. The van der Waals surface area contributed by atoms with Crippen LogP contribution in [0.3, 0.4) is 0 Å². The largest absolute Gasteiger partial charge is 0.329 e. The highest BCUT2D eigenvalue weighted by Gasteiger charge is 2.42. The van der Waals surface area contributed by atoms with Gasteiger partial charge in [0.2, 0.25) is 0 Å². The lowest BCUT2D eigenvalue weighted by molar-refractivity contribution is 0.228. The molecule has 1 aromatic heterocycles. The summed E-state index contributed by atoms with van der Waals surface area (Å²) in [5, 5.41) is 0.760. The Hall–Kier alpha value is -1.06. The maximum absolute atomic E-state index is 6.13. The molecule has 3 rings (SSSR count). The van der Waals surface area contributed by atoms with Gasteiger partial charge in [-0.15, -0.1) is 0 Å². The molecule has 3 nitrogen and oxygen atoms in total. The predicted octanol–water partition coefficient (Wildman–Crippen LogP) is 3.65. The first kappa shape index (κ1) is 12.9. The molecule has 1 aliphatic rings. The minimum absolute atomic E-state index is 0.0791. The smallest absolute Gasteiger partial charge is 0.117 e. The van der Waals surface area contributed by atoms with E-state index in [0.717, 1.165) is 34.7 Å². The molecule has 2 N–H and O–H groups in total. The minimum Gasteiger partial charge on any atom is -0.329 e. The summed E-state index contributed by atoms with van der Waals surface area (Å²) in [5.74, 6) is 1.15. The Morgan fingerprint density at radius 2 is 2.16 bits per heavy atom. The van der Waals surface area contributed by atoms with Crippen molar-refractivity contribution in [2.24, 2.45) is 5.73 Å². The summed E-state index contributed by atoms with van der Waals surface area (Å²) in [6, 6.07) is 6.28. The van der Waals surface area contributed by atoms with E-state index in [1.54, 1.807) is 0 Å². The van der Waals surface area contributed by atoms with Crippen LogP contribution in [-0.4, -0.2) is 16.1 Å². The van der Waals surface area contributed by atoms with Crippen LogP contribution in [0, 0.1) is 0 Å². The average molecular weight is 278 g/mol. The van der Waals surface area contributed by atoms with Gasteiger partial charge in [0.15, 0.2) is 0 Å². The Kier molecular flexibility index (Phi) is 3.06. The predicted molar refractivity (Wildman–Crippen MR) is 79.7 cm³/mol. The summed E-state index contributed by atoms with van der Waals surface area (Å²) < 4.78 is 2.31. The Morgan fingerprint density at radius 3 is 2.68 bits per heavy atom. The summed E-state index contributed by atoms with van der Waals surface area (Å²) >= 11 is 6.13. The van der Waals surface area contributed by atoms with E-state index in [1.165, 1.54) is 6.42 Å². The number of hydrogen-bond donors (Lipinski definition) is 1. The number of benzene rings is 1. The Balaban J connectivity index is 2.26. The van der Waals surface area contributed by atoms with Crippen LogP contribution >= 0.6 is 11.6 Å². The first-order chi connectivity index (χ1) is 9.07. The fourth-order valence-electron chi connectivity index (χ4n) is 3.09. The molecule has 102 valence electrons. The van der Waals surface area contributed by atoms with Crippen molar-refractivity contribution in [1.29, 1.82) is 0 Å². The summed E-state index contributed by atoms with van der Waals surface area (Å²) in [5.41, 5.74) is 8.26. The summed E-state index contributed by atoms with van der Waals surface area (Å²) in [4.78, 5) is 4.86. The lowest BCUT2D eigenvalue weighted by Crippen LogP contribution is -2.44. The minimum atomic E-state index is 0.0791. The van der Waals surface area contributed by atoms with Crippen molar-refractivity contribution >= 4 is 22.6 Å². The van der Waals surface area contributed by atoms with Crippen LogP contribution in [0.15, 0.2) is 18.2 Å². The molecule has 0 amide bonds. The summed E-state index contributed by atoms with van der Waals surface area (Å²) in [7, 11) is 0. The van der Waals surface area contributed by atoms with Gasteiger partial charge in [0.05, 0.1) is 11.0 Å². The van der Waals surface area contributed by atoms with Crippen molar-refractivity contribution in [2.45, 2.75) is 44.6 Å². The van der Waals surface area contributed by atoms with Crippen molar-refractivity contribution in [3.8, 4) is 0 Å². The average Bonchev–Trinajstić information content (AvgIpc) is 2.67. The third-order valence-electron chi connectivity index (χ3n) is 4.34. The Labute approximate surface area is 118 Å². The molecular formula is C15H20ClN3. The summed E-state index contributed by atoms with van der Waals surface area (Å²) in [6.45, 7) is 5.06. The van der Waals surface area contributed by atoms with Crippen molar-refractivity contribution in [2.75, 3.05) is 6.54 Å². The van der Waals surface area contributed by atoms with Gasteiger partial charge in [-0.2, -0.15) is 0 Å². The maximum atomic E-state index is 6.13. The van der Waals surface area contributed by atoms with Gasteiger partial charge in [-0.05, 0) is 44.9 Å². The van der Waals surface area contributed by atoms with Crippen molar-refractivity contribution in [3.05, 3.63) is 29.0 Å². The van der Waals surface area contributed by atoms with E-state index in [4.69, 9.17) is 22.3 Å². The quantitative estimate of drug-likeness (QED) is 0.931. The normalized spacial score (nSPS) is 17.9. The van der Waals surface area contributed by atoms with Crippen LogP contribution in [0.1, 0.15) is 45.0 Å². The van der Waals surface area contributed by atoms with Crippen LogP contribution in [0.5, 0.6) is 0 Å². The number of rotatable bonds is 3. The molecule has 0 atom stereocenters. The molecule has 0 radical (unpaired) electrons. The SMILES string of the molecule is CC(C)n1c(C2(CN)CCC2)nc2ccc(Cl)cc21. The molecular weight excluding hydrogens is 258 g/mol.